The highest BCUT2D eigenvalue weighted by atomic mass is 16.5. The van der Waals surface area contributed by atoms with E-state index in [1.165, 1.54) is 31.4 Å². The van der Waals surface area contributed by atoms with Gasteiger partial charge in [-0.1, -0.05) is 25.1 Å². The highest BCUT2D eigenvalue weighted by molar-refractivity contribution is 5.37. The average Bonchev–Trinajstić information content (AvgIpc) is 3.04. The second-order valence-electron chi connectivity index (χ2n) is 5.99. The van der Waals surface area contributed by atoms with Crippen LogP contribution in [0.1, 0.15) is 37.7 Å². The summed E-state index contributed by atoms with van der Waals surface area (Å²) < 4.78 is 5.44. The van der Waals surface area contributed by atoms with Crippen molar-refractivity contribution in [2.75, 3.05) is 13.7 Å². The topological polar surface area (TPSA) is 21.3 Å². The zero-order valence-electron chi connectivity index (χ0n) is 11.4. The zero-order valence-corrected chi connectivity index (χ0v) is 11.4. The van der Waals surface area contributed by atoms with Crippen molar-refractivity contribution in [2.45, 2.75) is 38.1 Å². The second-order valence-corrected chi connectivity index (χ2v) is 5.99. The molecule has 2 unspecified atom stereocenters. The third kappa shape index (κ3) is 2.39. The Kier molecular flexibility index (Phi) is 3.29. The maximum Gasteiger partial charge on any atom is 0.122 e. The Morgan fingerprint density at radius 2 is 1.94 bits per heavy atom. The Labute approximate surface area is 110 Å². The van der Waals surface area contributed by atoms with E-state index >= 15 is 0 Å². The number of ether oxygens (including phenoxy) is 1. The SMILES string of the molecule is COc1ccccc1C1CC(NCC2CC2C)C1. The average molecular weight is 245 g/mol. The molecule has 1 aromatic carbocycles. The van der Waals surface area contributed by atoms with Gasteiger partial charge in [-0.3, -0.25) is 0 Å². The Hall–Kier alpha value is -1.02. The van der Waals surface area contributed by atoms with Crippen LogP contribution in [0.5, 0.6) is 5.75 Å². The van der Waals surface area contributed by atoms with E-state index in [1.807, 2.05) is 6.07 Å². The van der Waals surface area contributed by atoms with Crippen molar-refractivity contribution in [3.63, 3.8) is 0 Å². The van der Waals surface area contributed by atoms with Crippen molar-refractivity contribution < 1.29 is 4.74 Å². The summed E-state index contributed by atoms with van der Waals surface area (Å²) in [4.78, 5) is 0. The molecule has 0 heterocycles. The molecule has 2 heteroatoms. The van der Waals surface area contributed by atoms with Crippen molar-refractivity contribution >= 4 is 0 Å². The first-order valence-electron chi connectivity index (χ1n) is 7.14. The van der Waals surface area contributed by atoms with Crippen molar-refractivity contribution in [1.29, 1.82) is 0 Å². The number of rotatable bonds is 5. The van der Waals surface area contributed by atoms with E-state index in [0.717, 1.165) is 23.6 Å². The van der Waals surface area contributed by atoms with Gasteiger partial charge in [0, 0.05) is 6.04 Å². The molecular formula is C16H23NO. The molecule has 2 nitrogen and oxygen atoms in total. The minimum atomic E-state index is 0.690. The molecule has 0 bridgehead atoms. The van der Waals surface area contributed by atoms with Gasteiger partial charge in [0.2, 0.25) is 0 Å². The maximum absolute atomic E-state index is 5.44. The fraction of sp³-hybridized carbons (Fsp3) is 0.625. The van der Waals surface area contributed by atoms with Crippen LogP contribution in [-0.4, -0.2) is 19.7 Å². The van der Waals surface area contributed by atoms with Crippen LogP contribution in [-0.2, 0) is 0 Å². The van der Waals surface area contributed by atoms with Crippen molar-refractivity contribution in [3.05, 3.63) is 29.8 Å². The molecular weight excluding hydrogens is 222 g/mol. The lowest BCUT2D eigenvalue weighted by Gasteiger charge is -2.37. The molecule has 18 heavy (non-hydrogen) atoms. The number of hydrogen-bond donors (Lipinski definition) is 1. The van der Waals surface area contributed by atoms with E-state index in [9.17, 15) is 0 Å². The molecule has 2 fully saturated rings. The molecule has 2 saturated carbocycles. The zero-order chi connectivity index (χ0) is 12.5. The number of para-hydroxylation sites is 1. The summed E-state index contributed by atoms with van der Waals surface area (Å²) in [6, 6.07) is 9.17. The fourth-order valence-corrected chi connectivity index (χ4v) is 3.04. The van der Waals surface area contributed by atoms with Gasteiger partial charge in [0.1, 0.15) is 5.75 Å². The molecule has 2 aliphatic carbocycles. The Morgan fingerprint density at radius 3 is 2.61 bits per heavy atom. The Balaban J connectivity index is 1.49. The van der Waals surface area contributed by atoms with E-state index in [1.54, 1.807) is 7.11 Å². The molecule has 3 rings (SSSR count). The summed E-state index contributed by atoms with van der Waals surface area (Å²) in [7, 11) is 1.77. The molecule has 1 aromatic rings. The minimum Gasteiger partial charge on any atom is -0.496 e. The van der Waals surface area contributed by atoms with Crippen LogP contribution in [0, 0.1) is 11.8 Å². The molecule has 0 aromatic heterocycles. The first-order valence-corrected chi connectivity index (χ1v) is 7.14. The first-order chi connectivity index (χ1) is 8.78. The van der Waals surface area contributed by atoms with Crippen LogP contribution in [0.4, 0.5) is 0 Å². The molecule has 0 saturated heterocycles. The van der Waals surface area contributed by atoms with Gasteiger partial charge >= 0.3 is 0 Å². The quantitative estimate of drug-likeness (QED) is 0.860. The molecule has 2 aliphatic rings. The highest BCUT2D eigenvalue weighted by Crippen LogP contribution is 2.42. The Bertz CT molecular complexity index is 411. The highest BCUT2D eigenvalue weighted by Gasteiger charge is 2.36. The van der Waals surface area contributed by atoms with Crippen molar-refractivity contribution in [3.8, 4) is 5.75 Å². The van der Waals surface area contributed by atoms with Gasteiger partial charge < -0.3 is 10.1 Å². The molecule has 0 amide bonds. The van der Waals surface area contributed by atoms with E-state index in [2.05, 4.69) is 30.4 Å². The molecule has 0 radical (unpaired) electrons. The summed E-state index contributed by atoms with van der Waals surface area (Å²) in [5.41, 5.74) is 1.39. The van der Waals surface area contributed by atoms with E-state index in [4.69, 9.17) is 4.74 Å². The lowest BCUT2D eigenvalue weighted by Crippen LogP contribution is -2.41. The number of methoxy groups -OCH3 is 1. The van der Waals surface area contributed by atoms with Gasteiger partial charge in [-0.15, -0.1) is 0 Å². The molecule has 0 aliphatic heterocycles. The smallest absolute Gasteiger partial charge is 0.122 e. The number of nitrogens with one attached hydrogen (secondary N) is 1. The summed E-state index contributed by atoms with van der Waals surface area (Å²) in [5, 5.41) is 3.71. The van der Waals surface area contributed by atoms with Crippen LogP contribution >= 0.6 is 0 Å². The van der Waals surface area contributed by atoms with Gasteiger partial charge in [0.05, 0.1) is 7.11 Å². The van der Waals surface area contributed by atoms with Crippen molar-refractivity contribution in [2.24, 2.45) is 11.8 Å². The van der Waals surface area contributed by atoms with Crippen LogP contribution in [0.3, 0.4) is 0 Å². The summed E-state index contributed by atoms with van der Waals surface area (Å²) in [6.07, 6.45) is 3.96. The van der Waals surface area contributed by atoms with Gasteiger partial charge in [0.15, 0.2) is 0 Å². The van der Waals surface area contributed by atoms with E-state index < -0.39 is 0 Å². The molecule has 1 N–H and O–H groups in total. The monoisotopic (exact) mass is 245 g/mol. The lowest BCUT2D eigenvalue weighted by atomic mass is 9.75. The predicted molar refractivity (Wildman–Crippen MR) is 74.0 cm³/mol. The third-order valence-corrected chi connectivity index (χ3v) is 4.66. The van der Waals surface area contributed by atoms with Gasteiger partial charge in [-0.05, 0) is 55.2 Å². The summed E-state index contributed by atoms with van der Waals surface area (Å²) in [6.45, 7) is 3.58. The van der Waals surface area contributed by atoms with E-state index in [0.29, 0.717) is 5.92 Å². The maximum atomic E-state index is 5.44. The van der Waals surface area contributed by atoms with E-state index in [-0.39, 0.29) is 0 Å². The summed E-state index contributed by atoms with van der Waals surface area (Å²) in [5.74, 6) is 3.66. The van der Waals surface area contributed by atoms with Crippen LogP contribution in [0.25, 0.3) is 0 Å². The fourth-order valence-electron chi connectivity index (χ4n) is 3.04. The normalized spacial score (nSPS) is 33.9. The van der Waals surface area contributed by atoms with Crippen molar-refractivity contribution in [1.82, 2.24) is 5.32 Å². The van der Waals surface area contributed by atoms with Crippen LogP contribution in [0.2, 0.25) is 0 Å². The van der Waals surface area contributed by atoms with Gasteiger partial charge in [-0.2, -0.15) is 0 Å². The predicted octanol–water partition coefficient (Wildman–Crippen LogP) is 3.19. The van der Waals surface area contributed by atoms with Crippen LogP contribution < -0.4 is 10.1 Å². The lowest BCUT2D eigenvalue weighted by molar-refractivity contribution is 0.280. The third-order valence-electron chi connectivity index (χ3n) is 4.66. The minimum absolute atomic E-state index is 0.690. The molecule has 2 atom stereocenters. The number of benzene rings is 1. The first kappa shape index (κ1) is 12.0. The Morgan fingerprint density at radius 1 is 1.22 bits per heavy atom. The molecule has 98 valence electrons. The van der Waals surface area contributed by atoms with Crippen LogP contribution in [0.15, 0.2) is 24.3 Å². The molecule has 0 spiro atoms. The largest absolute Gasteiger partial charge is 0.496 e. The summed E-state index contributed by atoms with van der Waals surface area (Å²) >= 11 is 0. The van der Waals surface area contributed by atoms with Gasteiger partial charge in [-0.25, -0.2) is 0 Å². The second kappa shape index (κ2) is 4.93. The van der Waals surface area contributed by atoms with Gasteiger partial charge in [0.25, 0.3) is 0 Å². The number of hydrogen-bond acceptors (Lipinski definition) is 2. The standard InChI is InChI=1S/C16H23NO/c1-11-7-13(11)10-17-14-8-12(9-14)15-5-3-4-6-16(15)18-2/h3-6,11-14,17H,7-10H2,1-2H3.